The first kappa shape index (κ1) is 12.5. The van der Waals surface area contributed by atoms with Gasteiger partial charge in [-0.2, -0.15) is 5.10 Å². The maximum absolute atomic E-state index is 4.50. The smallest absolute Gasteiger partial charge is 0.223 e. The van der Waals surface area contributed by atoms with E-state index in [0.29, 0.717) is 12.5 Å². The van der Waals surface area contributed by atoms with Crippen LogP contribution in [0.4, 0.5) is 5.95 Å². The van der Waals surface area contributed by atoms with Gasteiger partial charge in [0.25, 0.3) is 0 Å². The van der Waals surface area contributed by atoms with Crippen LogP contribution in [0.3, 0.4) is 0 Å². The van der Waals surface area contributed by atoms with E-state index in [2.05, 4.69) is 37.4 Å². The molecule has 3 heterocycles. The lowest BCUT2D eigenvalue weighted by Gasteiger charge is -2.06. The van der Waals surface area contributed by atoms with Crippen molar-refractivity contribution in [3.63, 3.8) is 0 Å². The van der Waals surface area contributed by atoms with Gasteiger partial charge in [-0.25, -0.2) is 15.0 Å². The minimum absolute atomic E-state index is 0.592. The van der Waals surface area contributed by atoms with Crippen molar-refractivity contribution in [2.75, 3.05) is 5.32 Å². The Hall–Kier alpha value is -2.50. The lowest BCUT2D eigenvalue weighted by Crippen LogP contribution is -2.06. The van der Waals surface area contributed by atoms with Crippen LogP contribution in [-0.2, 0) is 13.0 Å². The second-order valence-electron chi connectivity index (χ2n) is 4.61. The van der Waals surface area contributed by atoms with Gasteiger partial charge >= 0.3 is 0 Å². The third kappa shape index (κ3) is 2.32. The van der Waals surface area contributed by atoms with E-state index in [1.807, 2.05) is 25.3 Å². The molecule has 0 spiro atoms. The van der Waals surface area contributed by atoms with Crippen LogP contribution in [0.25, 0.3) is 11.0 Å². The van der Waals surface area contributed by atoms with Gasteiger partial charge in [-0.3, -0.25) is 5.10 Å². The molecule has 2 N–H and O–H groups in total. The summed E-state index contributed by atoms with van der Waals surface area (Å²) in [4.78, 5) is 13.0. The van der Waals surface area contributed by atoms with Crippen molar-refractivity contribution in [2.24, 2.45) is 0 Å². The van der Waals surface area contributed by atoms with Crippen LogP contribution in [0.1, 0.15) is 23.9 Å². The molecule has 0 bridgehead atoms. The van der Waals surface area contributed by atoms with E-state index in [9.17, 15) is 0 Å². The SMILES string of the molecule is CCc1nc(NCc2[nH]nc3ncccc23)ncc1C. The molecule has 3 rings (SSSR count). The summed E-state index contributed by atoms with van der Waals surface area (Å²) >= 11 is 0. The third-order valence-corrected chi connectivity index (χ3v) is 3.24. The van der Waals surface area contributed by atoms with Crippen molar-refractivity contribution >= 4 is 17.0 Å². The highest BCUT2D eigenvalue weighted by Gasteiger charge is 2.06. The van der Waals surface area contributed by atoms with Crippen LogP contribution in [0, 0.1) is 6.92 Å². The molecule has 0 radical (unpaired) electrons. The average Bonchev–Trinajstić information content (AvgIpc) is 2.90. The van der Waals surface area contributed by atoms with Crippen molar-refractivity contribution < 1.29 is 0 Å². The Labute approximate surface area is 116 Å². The first-order valence-electron chi connectivity index (χ1n) is 6.62. The van der Waals surface area contributed by atoms with Crippen LogP contribution < -0.4 is 5.32 Å². The average molecular weight is 268 g/mol. The van der Waals surface area contributed by atoms with Gasteiger partial charge in [0.1, 0.15) is 0 Å². The van der Waals surface area contributed by atoms with Crippen molar-refractivity contribution in [2.45, 2.75) is 26.8 Å². The fourth-order valence-electron chi connectivity index (χ4n) is 2.12. The summed E-state index contributed by atoms with van der Waals surface area (Å²) in [5.41, 5.74) is 3.89. The van der Waals surface area contributed by atoms with E-state index in [-0.39, 0.29) is 0 Å². The molecule has 0 amide bonds. The highest BCUT2D eigenvalue weighted by molar-refractivity contribution is 5.77. The molecule has 3 aromatic rings. The first-order valence-corrected chi connectivity index (χ1v) is 6.62. The Balaban J connectivity index is 1.79. The van der Waals surface area contributed by atoms with Gasteiger partial charge < -0.3 is 5.32 Å². The Kier molecular flexibility index (Phi) is 3.28. The van der Waals surface area contributed by atoms with E-state index < -0.39 is 0 Å². The topological polar surface area (TPSA) is 79.4 Å². The van der Waals surface area contributed by atoms with Crippen LogP contribution in [0.5, 0.6) is 0 Å². The van der Waals surface area contributed by atoms with Crippen molar-refractivity contribution in [1.82, 2.24) is 25.1 Å². The maximum atomic E-state index is 4.50. The van der Waals surface area contributed by atoms with E-state index in [1.165, 1.54) is 0 Å². The van der Waals surface area contributed by atoms with Gasteiger partial charge in [-0.15, -0.1) is 0 Å². The predicted octanol–water partition coefficient (Wildman–Crippen LogP) is 2.23. The number of H-pyrrole nitrogens is 1. The summed E-state index contributed by atoms with van der Waals surface area (Å²) in [6.07, 6.45) is 4.48. The largest absolute Gasteiger partial charge is 0.349 e. The third-order valence-electron chi connectivity index (χ3n) is 3.24. The van der Waals surface area contributed by atoms with Gasteiger partial charge in [0.15, 0.2) is 5.65 Å². The highest BCUT2D eigenvalue weighted by Crippen LogP contribution is 2.14. The molecule has 3 aromatic heterocycles. The lowest BCUT2D eigenvalue weighted by molar-refractivity contribution is 0.933. The van der Waals surface area contributed by atoms with Crippen molar-refractivity contribution in [1.29, 1.82) is 0 Å². The molecule has 0 atom stereocenters. The fourth-order valence-corrected chi connectivity index (χ4v) is 2.12. The number of pyridine rings is 1. The minimum Gasteiger partial charge on any atom is -0.349 e. The number of nitrogens with one attached hydrogen (secondary N) is 2. The summed E-state index contributed by atoms with van der Waals surface area (Å²) in [7, 11) is 0. The lowest BCUT2D eigenvalue weighted by atomic mass is 10.2. The van der Waals surface area contributed by atoms with E-state index in [0.717, 1.165) is 34.4 Å². The van der Waals surface area contributed by atoms with Gasteiger partial charge in [0.2, 0.25) is 5.95 Å². The zero-order chi connectivity index (χ0) is 13.9. The van der Waals surface area contributed by atoms with Gasteiger partial charge in [0.05, 0.1) is 12.2 Å². The molecule has 0 unspecified atom stereocenters. The van der Waals surface area contributed by atoms with Crippen molar-refractivity contribution in [3.8, 4) is 0 Å². The molecular weight excluding hydrogens is 252 g/mol. The summed E-state index contributed by atoms with van der Waals surface area (Å²) < 4.78 is 0. The minimum atomic E-state index is 0.592. The molecule has 0 aromatic carbocycles. The Morgan fingerprint density at radius 3 is 3.05 bits per heavy atom. The van der Waals surface area contributed by atoms with E-state index in [1.54, 1.807) is 6.20 Å². The molecule has 0 fully saturated rings. The number of hydrogen-bond acceptors (Lipinski definition) is 5. The number of rotatable bonds is 4. The summed E-state index contributed by atoms with van der Waals surface area (Å²) in [6.45, 7) is 4.71. The van der Waals surface area contributed by atoms with Gasteiger partial charge in [-0.1, -0.05) is 6.92 Å². The Morgan fingerprint density at radius 1 is 1.30 bits per heavy atom. The fraction of sp³-hybridized carbons (Fsp3) is 0.286. The van der Waals surface area contributed by atoms with Crippen LogP contribution in [0.15, 0.2) is 24.5 Å². The summed E-state index contributed by atoms with van der Waals surface area (Å²) in [5, 5.41) is 11.4. The zero-order valence-corrected chi connectivity index (χ0v) is 11.5. The first-order chi connectivity index (χ1) is 9.78. The number of aromatic amines is 1. The van der Waals surface area contributed by atoms with Crippen LogP contribution >= 0.6 is 0 Å². The van der Waals surface area contributed by atoms with Gasteiger partial charge in [-0.05, 0) is 31.0 Å². The summed E-state index contributed by atoms with van der Waals surface area (Å²) in [5.74, 6) is 0.638. The maximum Gasteiger partial charge on any atom is 0.223 e. The molecule has 6 heteroatoms. The second-order valence-corrected chi connectivity index (χ2v) is 4.61. The number of anilines is 1. The molecule has 0 aliphatic carbocycles. The second kappa shape index (κ2) is 5.24. The van der Waals surface area contributed by atoms with E-state index >= 15 is 0 Å². The standard InChI is InChI=1S/C14H16N6/c1-3-11-9(2)7-16-14(18-11)17-8-12-10-5-4-6-15-13(10)20-19-12/h4-7H,3,8H2,1-2H3,(H,15,19,20)(H,16,17,18). The number of aryl methyl sites for hydroxylation is 2. The van der Waals surface area contributed by atoms with Gasteiger partial charge in [0, 0.05) is 23.5 Å². The van der Waals surface area contributed by atoms with Crippen molar-refractivity contribution in [3.05, 3.63) is 41.5 Å². The molecule has 0 saturated heterocycles. The molecule has 0 saturated carbocycles. The zero-order valence-electron chi connectivity index (χ0n) is 11.5. The molecule has 6 nitrogen and oxygen atoms in total. The molecular formula is C14H16N6. The Morgan fingerprint density at radius 2 is 2.20 bits per heavy atom. The summed E-state index contributed by atoms with van der Waals surface area (Å²) in [6, 6.07) is 3.90. The molecule has 20 heavy (non-hydrogen) atoms. The number of hydrogen-bond donors (Lipinski definition) is 2. The quantitative estimate of drug-likeness (QED) is 0.758. The van der Waals surface area contributed by atoms with E-state index in [4.69, 9.17) is 0 Å². The Bertz CT molecular complexity index is 733. The molecule has 102 valence electrons. The normalized spacial score (nSPS) is 10.9. The van der Waals surface area contributed by atoms with Crippen LogP contribution in [0.2, 0.25) is 0 Å². The monoisotopic (exact) mass is 268 g/mol. The predicted molar refractivity (Wildman–Crippen MR) is 77.4 cm³/mol. The highest BCUT2D eigenvalue weighted by atomic mass is 15.2. The van der Waals surface area contributed by atoms with Crippen LogP contribution in [-0.4, -0.2) is 25.1 Å². The number of nitrogens with zero attached hydrogens (tertiary/aromatic N) is 4. The molecule has 0 aliphatic heterocycles. The number of aromatic nitrogens is 5. The number of fused-ring (bicyclic) bond motifs is 1. The molecule has 0 aliphatic rings.